The number of oxime groups is 1. The molecule has 0 aromatic heterocycles. The van der Waals surface area contributed by atoms with Crippen molar-refractivity contribution >= 4 is 11.7 Å². The third kappa shape index (κ3) is 3.23. The van der Waals surface area contributed by atoms with Crippen molar-refractivity contribution in [2.24, 2.45) is 16.3 Å². The summed E-state index contributed by atoms with van der Waals surface area (Å²) in [4.78, 5) is 17.1. The monoisotopic (exact) mass is 284 g/mol. The molecule has 0 saturated carbocycles. The van der Waals surface area contributed by atoms with Crippen molar-refractivity contribution in [3.8, 4) is 0 Å². The van der Waals surface area contributed by atoms with Gasteiger partial charge in [0.1, 0.15) is 5.41 Å². The van der Waals surface area contributed by atoms with Gasteiger partial charge in [-0.25, -0.2) is 0 Å². The van der Waals surface area contributed by atoms with Crippen LogP contribution in [0.15, 0.2) is 5.16 Å². The van der Waals surface area contributed by atoms with Crippen LogP contribution in [0.5, 0.6) is 0 Å². The predicted molar refractivity (Wildman–Crippen MR) is 79.7 cm³/mol. The number of rotatable bonds is 4. The van der Waals surface area contributed by atoms with Crippen molar-refractivity contribution in [3.05, 3.63) is 0 Å². The summed E-state index contributed by atoms with van der Waals surface area (Å²) in [6.07, 6.45) is 2.38. The van der Waals surface area contributed by atoms with Gasteiger partial charge in [0.2, 0.25) is 5.91 Å². The Kier molecular flexibility index (Phi) is 5.80. The number of amidine groups is 1. The highest BCUT2D eigenvalue weighted by Gasteiger charge is 2.41. The topological polar surface area (TPSA) is 82.2 Å². The van der Waals surface area contributed by atoms with Crippen molar-refractivity contribution < 1.29 is 10.0 Å². The number of carbonyl (C=O) groups is 1. The van der Waals surface area contributed by atoms with Gasteiger partial charge in [0.15, 0.2) is 5.84 Å². The first kappa shape index (κ1) is 16.8. The van der Waals surface area contributed by atoms with Crippen LogP contribution < -0.4 is 5.73 Å². The van der Waals surface area contributed by atoms with Crippen LogP contribution in [0.1, 0.15) is 40.0 Å². The Morgan fingerprint density at radius 1 is 1.45 bits per heavy atom. The Morgan fingerprint density at radius 3 is 2.60 bits per heavy atom. The molecule has 1 heterocycles. The highest BCUT2D eigenvalue weighted by molar-refractivity contribution is 6.06. The van der Waals surface area contributed by atoms with Gasteiger partial charge in [-0.05, 0) is 39.8 Å². The summed E-state index contributed by atoms with van der Waals surface area (Å²) in [6.45, 7) is 8.34. The predicted octanol–water partition coefficient (Wildman–Crippen LogP) is 1.09. The molecule has 1 amide bonds. The average molecular weight is 284 g/mol. The molecular weight excluding hydrogens is 256 g/mol. The molecule has 1 saturated heterocycles. The maximum atomic E-state index is 12.9. The van der Waals surface area contributed by atoms with E-state index in [4.69, 9.17) is 10.9 Å². The van der Waals surface area contributed by atoms with E-state index in [1.165, 1.54) is 0 Å². The quantitative estimate of drug-likeness (QED) is 0.350. The van der Waals surface area contributed by atoms with Gasteiger partial charge in [-0.15, -0.1) is 0 Å². The number of nitrogens with two attached hydrogens (primary N) is 1. The number of hydrogen-bond acceptors (Lipinski definition) is 4. The first-order valence-electron chi connectivity index (χ1n) is 7.38. The number of nitrogens with zero attached hydrogens (tertiary/aromatic N) is 3. The molecule has 1 aliphatic heterocycles. The summed E-state index contributed by atoms with van der Waals surface area (Å²) in [5.41, 5.74) is 4.84. The molecule has 1 rings (SSSR count). The van der Waals surface area contributed by atoms with Gasteiger partial charge in [-0.3, -0.25) is 4.79 Å². The zero-order valence-corrected chi connectivity index (χ0v) is 13.1. The molecule has 3 N–H and O–H groups in total. The van der Waals surface area contributed by atoms with E-state index in [1.807, 2.05) is 11.8 Å². The van der Waals surface area contributed by atoms with Crippen LogP contribution in [-0.2, 0) is 4.79 Å². The first-order chi connectivity index (χ1) is 9.40. The van der Waals surface area contributed by atoms with E-state index >= 15 is 0 Å². The zero-order valence-electron chi connectivity index (χ0n) is 13.1. The van der Waals surface area contributed by atoms with Gasteiger partial charge in [0.05, 0.1) is 0 Å². The largest absolute Gasteiger partial charge is 0.409 e. The van der Waals surface area contributed by atoms with Gasteiger partial charge in [0.25, 0.3) is 0 Å². The molecular formula is C14H28N4O2. The molecule has 2 atom stereocenters. The van der Waals surface area contributed by atoms with E-state index in [-0.39, 0.29) is 17.8 Å². The summed E-state index contributed by atoms with van der Waals surface area (Å²) >= 11 is 0. The molecule has 0 aromatic carbocycles. The Hall–Kier alpha value is -1.30. The minimum atomic E-state index is -0.926. The molecule has 116 valence electrons. The minimum absolute atomic E-state index is 0.00236. The lowest BCUT2D eigenvalue weighted by molar-refractivity contribution is -0.140. The van der Waals surface area contributed by atoms with Crippen LogP contribution in [0.25, 0.3) is 0 Å². The van der Waals surface area contributed by atoms with Crippen molar-refractivity contribution in [1.29, 1.82) is 0 Å². The molecule has 2 unspecified atom stereocenters. The first-order valence-corrected chi connectivity index (χ1v) is 7.38. The lowest BCUT2D eigenvalue weighted by atomic mass is 9.84. The summed E-state index contributed by atoms with van der Waals surface area (Å²) in [5, 5.41) is 12.0. The number of likely N-dealkylation sites (N-methyl/N-ethyl adjacent to an activating group) is 1. The third-order valence-corrected chi connectivity index (χ3v) is 4.49. The second-order valence-corrected chi connectivity index (χ2v) is 5.85. The van der Waals surface area contributed by atoms with E-state index in [2.05, 4.69) is 24.0 Å². The fourth-order valence-electron chi connectivity index (χ4n) is 2.73. The molecule has 0 aliphatic carbocycles. The molecule has 6 nitrogen and oxygen atoms in total. The Morgan fingerprint density at radius 2 is 2.10 bits per heavy atom. The summed E-state index contributed by atoms with van der Waals surface area (Å²) in [7, 11) is 2.08. The highest BCUT2D eigenvalue weighted by atomic mass is 16.4. The minimum Gasteiger partial charge on any atom is -0.409 e. The van der Waals surface area contributed by atoms with Crippen LogP contribution >= 0.6 is 0 Å². The Labute approximate surface area is 121 Å². The van der Waals surface area contributed by atoms with E-state index in [0.717, 1.165) is 32.5 Å². The molecule has 6 heteroatoms. The third-order valence-electron chi connectivity index (χ3n) is 4.49. The van der Waals surface area contributed by atoms with E-state index < -0.39 is 5.41 Å². The van der Waals surface area contributed by atoms with Crippen molar-refractivity contribution in [2.75, 3.05) is 26.7 Å². The van der Waals surface area contributed by atoms with E-state index in [9.17, 15) is 4.79 Å². The second-order valence-electron chi connectivity index (χ2n) is 5.85. The molecule has 0 aromatic rings. The number of amides is 1. The zero-order chi connectivity index (χ0) is 15.3. The van der Waals surface area contributed by atoms with Crippen molar-refractivity contribution in [2.45, 2.75) is 46.1 Å². The van der Waals surface area contributed by atoms with Gasteiger partial charge in [-0.1, -0.05) is 19.0 Å². The number of hydrogen-bond donors (Lipinski definition) is 2. The fraction of sp³-hybridized carbons (Fsp3) is 0.857. The van der Waals surface area contributed by atoms with E-state index in [1.54, 1.807) is 6.92 Å². The van der Waals surface area contributed by atoms with Crippen molar-refractivity contribution in [1.82, 2.24) is 9.80 Å². The second kappa shape index (κ2) is 6.92. The van der Waals surface area contributed by atoms with Crippen molar-refractivity contribution in [3.63, 3.8) is 0 Å². The molecule has 0 bridgehead atoms. The van der Waals surface area contributed by atoms with Gasteiger partial charge in [0, 0.05) is 19.1 Å². The molecule has 20 heavy (non-hydrogen) atoms. The SMILES string of the molecule is CCC1CN(C)CCCN1C(=O)C(C)(CC)C(N)=NO. The van der Waals surface area contributed by atoms with Crippen LogP contribution in [0.4, 0.5) is 0 Å². The molecule has 1 aliphatic rings. The van der Waals surface area contributed by atoms with Gasteiger partial charge >= 0.3 is 0 Å². The van der Waals surface area contributed by atoms with Crippen LogP contribution in [0.3, 0.4) is 0 Å². The smallest absolute Gasteiger partial charge is 0.236 e. The van der Waals surface area contributed by atoms with Gasteiger partial charge in [-0.2, -0.15) is 0 Å². The van der Waals surface area contributed by atoms with E-state index in [0.29, 0.717) is 6.42 Å². The van der Waals surface area contributed by atoms with Gasteiger partial charge < -0.3 is 20.7 Å². The molecule has 1 fully saturated rings. The highest BCUT2D eigenvalue weighted by Crippen LogP contribution is 2.27. The average Bonchev–Trinajstić information content (AvgIpc) is 2.65. The normalized spacial score (nSPS) is 25.1. The molecule has 0 spiro atoms. The fourth-order valence-corrected chi connectivity index (χ4v) is 2.73. The summed E-state index contributed by atoms with van der Waals surface area (Å²) in [6, 6.07) is 0.187. The standard InChI is InChI=1S/C14H28N4O2/c1-5-11-10-17(4)8-7-9-18(11)13(19)14(3,6-2)12(15)16-20/h11,20H,5-10H2,1-4H3,(H2,15,16). The van der Waals surface area contributed by atoms with Crippen LogP contribution in [0.2, 0.25) is 0 Å². The molecule has 0 radical (unpaired) electrons. The van der Waals surface area contributed by atoms with Crippen LogP contribution in [-0.4, -0.2) is 59.5 Å². The lowest BCUT2D eigenvalue weighted by Gasteiger charge is -2.37. The maximum Gasteiger partial charge on any atom is 0.236 e. The number of carbonyl (C=O) groups excluding carboxylic acids is 1. The maximum absolute atomic E-state index is 12.9. The lowest BCUT2D eigenvalue weighted by Crippen LogP contribution is -2.53. The Bertz CT molecular complexity index is 372. The summed E-state index contributed by atoms with van der Waals surface area (Å²) in [5.74, 6) is -0.0325. The van der Waals surface area contributed by atoms with Crippen LogP contribution in [0, 0.1) is 5.41 Å². The Balaban J connectivity index is 3.03. The summed E-state index contributed by atoms with van der Waals surface area (Å²) < 4.78 is 0.